The number of methoxy groups -OCH3 is 1. The summed E-state index contributed by atoms with van der Waals surface area (Å²) in [6.45, 7) is 3.02. The summed E-state index contributed by atoms with van der Waals surface area (Å²) in [5, 5.41) is 0. The zero-order chi connectivity index (χ0) is 19.7. The van der Waals surface area contributed by atoms with Gasteiger partial charge in [-0.3, -0.25) is 9.59 Å². The molecule has 2 aromatic carbocycles. The molecule has 2 heterocycles. The number of carbonyl (C=O) groups is 2. The lowest BCUT2D eigenvalue weighted by atomic mass is 10.1. The van der Waals surface area contributed by atoms with Crippen LogP contribution in [0.4, 0.5) is 15.8 Å². The predicted molar refractivity (Wildman–Crippen MR) is 103 cm³/mol. The van der Waals surface area contributed by atoms with Crippen LogP contribution in [0.2, 0.25) is 0 Å². The van der Waals surface area contributed by atoms with E-state index in [9.17, 15) is 14.0 Å². The van der Waals surface area contributed by atoms with Crippen molar-refractivity contribution < 1.29 is 23.6 Å². The molecule has 1 atom stereocenters. The van der Waals surface area contributed by atoms with Crippen molar-refractivity contribution in [3.63, 3.8) is 0 Å². The molecule has 2 amide bonds. The molecule has 0 bridgehead atoms. The van der Waals surface area contributed by atoms with Gasteiger partial charge in [0.15, 0.2) is 6.04 Å². The lowest BCUT2D eigenvalue weighted by molar-refractivity contribution is -0.915. The van der Waals surface area contributed by atoms with Crippen LogP contribution in [-0.2, 0) is 9.59 Å². The van der Waals surface area contributed by atoms with E-state index < -0.39 is 0 Å². The second kappa shape index (κ2) is 7.59. The number of para-hydroxylation sites is 2. The molecular weight excluding hydrogens is 361 g/mol. The van der Waals surface area contributed by atoms with Gasteiger partial charge < -0.3 is 14.5 Å². The molecule has 4 rings (SSSR count). The number of halogens is 1. The molecule has 2 aromatic rings. The number of amides is 2. The average molecular weight is 384 g/mol. The first-order chi connectivity index (χ1) is 13.6. The highest BCUT2D eigenvalue weighted by molar-refractivity contribution is 6.22. The molecule has 2 saturated heterocycles. The lowest BCUT2D eigenvalue weighted by Crippen LogP contribution is -3.19. The summed E-state index contributed by atoms with van der Waals surface area (Å²) in [6.07, 6.45) is 0.211. The van der Waals surface area contributed by atoms with E-state index >= 15 is 0 Å². The number of nitrogens with zero attached hydrogens (tertiary/aromatic N) is 2. The molecule has 0 spiro atoms. The van der Waals surface area contributed by atoms with Crippen LogP contribution in [0, 0.1) is 5.82 Å². The van der Waals surface area contributed by atoms with Gasteiger partial charge in [-0.25, -0.2) is 9.29 Å². The van der Waals surface area contributed by atoms with E-state index in [0.29, 0.717) is 11.4 Å². The van der Waals surface area contributed by atoms with Gasteiger partial charge in [0.05, 0.1) is 45.4 Å². The van der Waals surface area contributed by atoms with E-state index in [1.807, 2.05) is 6.07 Å². The van der Waals surface area contributed by atoms with Gasteiger partial charge in [0.25, 0.3) is 5.91 Å². The Kier molecular flexibility index (Phi) is 5.00. The van der Waals surface area contributed by atoms with Crippen molar-refractivity contribution >= 4 is 23.2 Å². The smallest absolute Gasteiger partial charge is 0.292 e. The molecule has 28 heavy (non-hydrogen) atoms. The molecule has 0 aliphatic carbocycles. The van der Waals surface area contributed by atoms with Crippen LogP contribution in [-0.4, -0.2) is 51.1 Å². The molecule has 0 aromatic heterocycles. The summed E-state index contributed by atoms with van der Waals surface area (Å²) >= 11 is 0. The largest absolute Gasteiger partial charge is 0.495 e. The predicted octanol–water partition coefficient (Wildman–Crippen LogP) is 0.871. The van der Waals surface area contributed by atoms with Crippen molar-refractivity contribution in [2.45, 2.75) is 12.5 Å². The first kappa shape index (κ1) is 18.4. The van der Waals surface area contributed by atoms with Crippen molar-refractivity contribution in [2.24, 2.45) is 0 Å². The van der Waals surface area contributed by atoms with Crippen LogP contribution in [0.5, 0.6) is 5.75 Å². The van der Waals surface area contributed by atoms with E-state index in [4.69, 9.17) is 4.74 Å². The summed E-state index contributed by atoms with van der Waals surface area (Å²) in [4.78, 5) is 30.2. The normalized spacial score (nSPS) is 20.7. The van der Waals surface area contributed by atoms with Crippen molar-refractivity contribution in [3.8, 4) is 5.75 Å². The Morgan fingerprint density at radius 1 is 1.04 bits per heavy atom. The SMILES string of the molecule is COc1ccccc1N1C(=O)C[C@H]([NH+]2CCN(c3ccc(F)cc3)CC2)C1=O. The van der Waals surface area contributed by atoms with Gasteiger partial charge in [-0.15, -0.1) is 0 Å². The summed E-state index contributed by atoms with van der Waals surface area (Å²) in [5.74, 6) is -0.0896. The highest BCUT2D eigenvalue weighted by Gasteiger charge is 2.47. The maximum atomic E-state index is 13.1. The number of imide groups is 1. The van der Waals surface area contributed by atoms with Gasteiger partial charge in [0.2, 0.25) is 5.91 Å². The van der Waals surface area contributed by atoms with Crippen molar-refractivity contribution in [2.75, 3.05) is 43.1 Å². The highest BCUT2D eigenvalue weighted by Crippen LogP contribution is 2.31. The second-order valence-electron chi connectivity index (χ2n) is 7.12. The molecule has 2 aliphatic rings. The van der Waals surface area contributed by atoms with Gasteiger partial charge in [0, 0.05) is 5.69 Å². The van der Waals surface area contributed by atoms with Crippen LogP contribution in [0.25, 0.3) is 0 Å². The molecule has 146 valence electrons. The molecule has 2 fully saturated rings. The van der Waals surface area contributed by atoms with E-state index in [1.54, 1.807) is 30.3 Å². The van der Waals surface area contributed by atoms with Gasteiger partial charge >= 0.3 is 0 Å². The molecule has 0 saturated carbocycles. The van der Waals surface area contributed by atoms with Gasteiger partial charge in [-0.1, -0.05) is 12.1 Å². The van der Waals surface area contributed by atoms with Gasteiger partial charge in [0.1, 0.15) is 11.6 Å². The third-order valence-electron chi connectivity index (χ3n) is 5.56. The van der Waals surface area contributed by atoms with Crippen LogP contribution in [0.1, 0.15) is 6.42 Å². The topological polar surface area (TPSA) is 54.3 Å². The summed E-state index contributed by atoms with van der Waals surface area (Å²) in [7, 11) is 1.53. The van der Waals surface area contributed by atoms with E-state index in [-0.39, 0.29) is 30.1 Å². The summed E-state index contributed by atoms with van der Waals surface area (Å²) in [6, 6.07) is 13.2. The average Bonchev–Trinajstić information content (AvgIpc) is 3.02. The molecule has 0 unspecified atom stereocenters. The van der Waals surface area contributed by atoms with Crippen molar-refractivity contribution in [3.05, 3.63) is 54.3 Å². The van der Waals surface area contributed by atoms with Gasteiger partial charge in [-0.05, 0) is 36.4 Å². The highest BCUT2D eigenvalue weighted by atomic mass is 19.1. The minimum Gasteiger partial charge on any atom is -0.495 e. The van der Waals surface area contributed by atoms with Crippen molar-refractivity contribution in [1.82, 2.24) is 0 Å². The van der Waals surface area contributed by atoms with E-state index in [1.165, 1.54) is 24.1 Å². The number of rotatable bonds is 4. The minimum absolute atomic E-state index is 0.167. The Morgan fingerprint density at radius 3 is 2.39 bits per heavy atom. The van der Waals surface area contributed by atoms with E-state index in [2.05, 4.69) is 4.90 Å². The molecule has 0 radical (unpaired) electrons. The second-order valence-corrected chi connectivity index (χ2v) is 7.12. The minimum atomic E-state index is -0.368. The zero-order valence-corrected chi connectivity index (χ0v) is 15.7. The van der Waals surface area contributed by atoms with Crippen molar-refractivity contribution in [1.29, 1.82) is 0 Å². The summed E-state index contributed by atoms with van der Waals surface area (Å²) in [5.41, 5.74) is 1.48. The number of nitrogens with one attached hydrogen (secondary N) is 1. The third kappa shape index (κ3) is 3.33. The summed E-state index contributed by atoms with van der Waals surface area (Å²) < 4.78 is 18.4. The Morgan fingerprint density at radius 2 is 1.71 bits per heavy atom. The number of hydrogen-bond donors (Lipinski definition) is 1. The zero-order valence-electron chi connectivity index (χ0n) is 15.7. The third-order valence-corrected chi connectivity index (χ3v) is 5.56. The number of hydrogen-bond acceptors (Lipinski definition) is 4. The number of benzene rings is 2. The maximum Gasteiger partial charge on any atom is 0.292 e. The Labute approximate surface area is 163 Å². The molecule has 2 aliphatic heterocycles. The standard InChI is InChI=1S/C21H22FN3O3/c1-28-19-5-3-2-4-17(19)25-20(26)14-18(21(25)27)24-12-10-23(11-13-24)16-8-6-15(22)7-9-16/h2-9,18H,10-14H2,1H3/p+1/t18-/m0/s1. The lowest BCUT2D eigenvalue weighted by Gasteiger charge is -2.35. The Hall–Kier alpha value is -2.93. The van der Waals surface area contributed by atoms with Crippen LogP contribution in [0.15, 0.2) is 48.5 Å². The Bertz CT molecular complexity index is 879. The number of quaternary nitrogens is 1. The van der Waals surface area contributed by atoms with Crippen LogP contribution < -0.4 is 19.4 Å². The Balaban J connectivity index is 1.45. The fraction of sp³-hybridized carbons (Fsp3) is 0.333. The maximum absolute atomic E-state index is 13.1. The fourth-order valence-electron chi connectivity index (χ4n) is 4.07. The number of carbonyl (C=O) groups excluding carboxylic acids is 2. The monoisotopic (exact) mass is 384 g/mol. The quantitative estimate of drug-likeness (QED) is 0.795. The number of piperazine rings is 1. The van der Waals surface area contributed by atoms with E-state index in [0.717, 1.165) is 36.8 Å². The first-order valence-corrected chi connectivity index (χ1v) is 9.43. The molecule has 6 nitrogen and oxygen atoms in total. The fourth-order valence-corrected chi connectivity index (χ4v) is 4.07. The van der Waals surface area contributed by atoms with Crippen LogP contribution in [0.3, 0.4) is 0 Å². The number of anilines is 2. The molecule has 1 N–H and O–H groups in total. The molecular formula is C21H23FN3O3+. The van der Waals surface area contributed by atoms with Crippen LogP contribution >= 0.6 is 0 Å². The number of ether oxygens (including phenoxy) is 1. The first-order valence-electron chi connectivity index (χ1n) is 9.43. The molecule has 7 heteroatoms. The van der Waals surface area contributed by atoms with Gasteiger partial charge in [-0.2, -0.15) is 0 Å².